The number of rotatable bonds is 7. The van der Waals surface area contributed by atoms with Gasteiger partial charge < -0.3 is 15.0 Å². The van der Waals surface area contributed by atoms with Crippen molar-refractivity contribution in [3.05, 3.63) is 125 Å². The largest absolute Gasteiger partial charge is 0.489 e. The fourth-order valence-corrected chi connectivity index (χ4v) is 5.45. The van der Waals surface area contributed by atoms with E-state index in [9.17, 15) is 4.79 Å². The number of aromatic nitrogens is 1. The predicted molar refractivity (Wildman–Crippen MR) is 148 cm³/mol. The highest BCUT2D eigenvalue weighted by molar-refractivity contribution is 7.13. The maximum atomic E-state index is 12.3. The van der Waals surface area contributed by atoms with Crippen LogP contribution in [0.2, 0.25) is 0 Å². The van der Waals surface area contributed by atoms with Gasteiger partial charge in [-0.05, 0) is 58.5 Å². The first kappa shape index (κ1) is 22.1. The molecule has 176 valence electrons. The van der Waals surface area contributed by atoms with Crippen LogP contribution in [0.5, 0.6) is 5.75 Å². The van der Waals surface area contributed by atoms with Crippen LogP contribution in [-0.2, 0) is 13.2 Å². The number of carbonyl (C=O) groups is 1. The maximum Gasteiger partial charge on any atom is 0.249 e. The van der Waals surface area contributed by atoms with Crippen LogP contribution < -0.4 is 10.5 Å². The van der Waals surface area contributed by atoms with Crippen molar-refractivity contribution in [3.8, 4) is 16.2 Å². The average molecular weight is 489 g/mol. The molecule has 4 nitrogen and oxygen atoms in total. The number of amides is 1. The first-order valence-electron chi connectivity index (χ1n) is 11.8. The average Bonchev–Trinajstić information content (AvgIpc) is 3.56. The molecular weight excluding hydrogens is 464 g/mol. The number of ether oxygens (including phenoxy) is 1. The van der Waals surface area contributed by atoms with Crippen LogP contribution in [0, 0.1) is 0 Å². The van der Waals surface area contributed by atoms with E-state index in [4.69, 9.17) is 10.5 Å². The second-order valence-corrected chi connectivity index (χ2v) is 9.73. The lowest BCUT2D eigenvalue weighted by Gasteiger charge is -2.11. The summed E-state index contributed by atoms with van der Waals surface area (Å²) in [6.07, 6.45) is 0. The van der Waals surface area contributed by atoms with Crippen molar-refractivity contribution in [1.29, 1.82) is 0 Å². The minimum absolute atomic E-state index is 0.415. The van der Waals surface area contributed by atoms with E-state index in [2.05, 4.69) is 70.6 Å². The van der Waals surface area contributed by atoms with Gasteiger partial charge >= 0.3 is 0 Å². The Balaban J connectivity index is 1.39. The number of hydrogen-bond acceptors (Lipinski definition) is 3. The molecule has 6 rings (SSSR count). The van der Waals surface area contributed by atoms with Crippen LogP contribution in [0.4, 0.5) is 0 Å². The van der Waals surface area contributed by atoms with Crippen molar-refractivity contribution in [2.24, 2.45) is 5.73 Å². The Kier molecular flexibility index (Phi) is 5.76. The van der Waals surface area contributed by atoms with Gasteiger partial charge in [0.15, 0.2) is 0 Å². The third kappa shape index (κ3) is 4.14. The number of hydrogen-bond donors (Lipinski definition) is 1. The number of carbonyl (C=O) groups excluding carboxylic acids is 1. The highest BCUT2D eigenvalue weighted by atomic mass is 32.1. The molecule has 2 heterocycles. The molecule has 1 amide bonds. The van der Waals surface area contributed by atoms with Gasteiger partial charge in [0, 0.05) is 27.8 Å². The molecule has 4 aromatic carbocycles. The third-order valence-corrected chi connectivity index (χ3v) is 7.39. The number of thiophene rings is 1. The van der Waals surface area contributed by atoms with Gasteiger partial charge in [-0.15, -0.1) is 11.3 Å². The molecule has 0 bridgehead atoms. The molecular formula is C31H24N2O2S. The zero-order valence-electron chi connectivity index (χ0n) is 19.6. The topological polar surface area (TPSA) is 57.2 Å². The lowest BCUT2D eigenvalue weighted by atomic mass is 10.0. The minimum Gasteiger partial charge on any atom is -0.489 e. The molecule has 0 fully saturated rings. The lowest BCUT2D eigenvalue weighted by molar-refractivity contribution is 0.100. The monoisotopic (exact) mass is 488 g/mol. The Bertz CT molecular complexity index is 1670. The summed E-state index contributed by atoms with van der Waals surface area (Å²) >= 11 is 1.72. The smallest absolute Gasteiger partial charge is 0.249 e. The molecule has 0 aliphatic rings. The van der Waals surface area contributed by atoms with Gasteiger partial charge in [-0.25, -0.2) is 0 Å². The molecule has 0 saturated carbocycles. The van der Waals surface area contributed by atoms with Gasteiger partial charge in [0.25, 0.3) is 0 Å². The molecule has 0 aliphatic heterocycles. The quantitative estimate of drug-likeness (QED) is 0.257. The molecule has 0 saturated heterocycles. The Morgan fingerprint density at radius 2 is 1.64 bits per heavy atom. The maximum absolute atomic E-state index is 12.3. The number of nitrogens with zero attached hydrogens (tertiary/aromatic N) is 1. The lowest BCUT2D eigenvalue weighted by Crippen LogP contribution is -2.11. The molecule has 0 radical (unpaired) electrons. The molecule has 0 atom stereocenters. The second kappa shape index (κ2) is 9.36. The summed E-state index contributed by atoms with van der Waals surface area (Å²) < 4.78 is 8.24. The van der Waals surface area contributed by atoms with Crippen molar-refractivity contribution in [3.63, 3.8) is 0 Å². The summed E-state index contributed by atoms with van der Waals surface area (Å²) in [5, 5.41) is 4.02. The van der Waals surface area contributed by atoms with E-state index in [1.54, 1.807) is 17.4 Å². The van der Waals surface area contributed by atoms with Crippen molar-refractivity contribution >= 4 is 39.0 Å². The summed E-state index contributed by atoms with van der Waals surface area (Å²) in [5.41, 5.74) is 11.8. The van der Waals surface area contributed by atoms with Crippen LogP contribution in [0.25, 0.3) is 32.2 Å². The van der Waals surface area contributed by atoms with Crippen LogP contribution in [0.1, 0.15) is 21.5 Å². The molecule has 6 aromatic rings. The Morgan fingerprint density at radius 3 is 2.39 bits per heavy atom. The predicted octanol–water partition coefficient (Wildman–Crippen LogP) is 7.25. The summed E-state index contributed by atoms with van der Waals surface area (Å²) in [7, 11) is 0. The van der Waals surface area contributed by atoms with Crippen LogP contribution >= 0.6 is 11.3 Å². The molecule has 0 spiro atoms. The van der Waals surface area contributed by atoms with Crippen molar-refractivity contribution < 1.29 is 9.53 Å². The van der Waals surface area contributed by atoms with Gasteiger partial charge in [-0.2, -0.15) is 0 Å². The van der Waals surface area contributed by atoms with E-state index >= 15 is 0 Å². The second-order valence-electron chi connectivity index (χ2n) is 8.78. The molecule has 5 heteroatoms. The van der Waals surface area contributed by atoms with Gasteiger partial charge in [-0.3, -0.25) is 4.79 Å². The Hall–Kier alpha value is -4.35. The van der Waals surface area contributed by atoms with Crippen LogP contribution in [0.15, 0.2) is 109 Å². The van der Waals surface area contributed by atoms with E-state index in [0.717, 1.165) is 44.2 Å². The summed E-state index contributed by atoms with van der Waals surface area (Å²) in [6.45, 7) is 1.20. The summed E-state index contributed by atoms with van der Waals surface area (Å²) in [6, 6.07) is 34.8. The first-order valence-corrected chi connectivity index (χ1v) is 12.7. The molecule has 2 N–H and O–H groups in total. The SMILES string of the molecule is NC(=O)c1cccc2c1c1ccc(-c3cccs3)cc1n2Cc1ccc(OCc2ccccc2)cc1. The number of nitrogens with two attached hydrogens (primary N) is 1. The first-order chi connectivity index (χ1) is 17.7. The fraction of sp³-hybridized carbons (Fsp3) is 0.0645. The van der Waals surface area contributed by atoms with Gasteiger partial charge in [0.2, 0.25) is 5.91 Å². The number of fused-ring (bicyclic) bond motifs is 3. The Labute approximate surface area is 213 Å². The highest BCUT2D eigenvalue weighted by Crippen LogP contribution is 2.36. The normalized spacial score (nSPS) is 11.2. The van der Waals surface area contributed by atoms with Crippen LogP contribution in [0.3, 0.4) is 0 Å². The van der Waals surface area contributed by atoms with Gasteiger partial charge in [0.1, 0.15) is 12.4 Å². The van der Waals surface area contributed by atoms with Crippen molar-refractivity contribution in [2.45, 2.75) is 13.2 Å². The van der Waals surface area contributed by atoms with E-state index < -0.39 is 5.91 Å². The molecule has 36 heavy (non-hydrogen) atoms. The number of primary amides is 1. The van der Waals surface area contributed by atoms with Crippen LogP contribution in [-0.4, -0.2) is 10.5 Å². The van der Waals surface area contributed by atoms with Gasteiger partial charge in [0.05, 0.1) is 11.0 Å². The summed E-state index contributed by atoms with van der Waals surface area (Å²) in [4.78, 5) is 13.5. The van der Waals surface area contributed by atoms with E-state index in [1.165, 1.54) is 4.88 Å². The van der Waals surface area contributed by atoms with Crippen molar-refractivity contribution in [1.82, 2.24) is 4.57 Å². The Morgan fingerprint density at radius 1 is 0.806 bits per heavy atom. The minimum atomic E-state index is -0.415. The standard InChI is InChI=1S/C31H24N2O2S/c32-31(34)26-8-4-9-27-30(26)25-16-13-23(29-10-5-17-36-29)18-28(25)33(27)19-21-11-14-24(15-12-21)35-20-22-6-2-1-3-7-22/h1-18H,19-20H2,(H2,32,34). The molecule has 2 aromatic heterocycles. The van der Waals surface area contributed by atoms with E-state index in [-0.39, 0.29) is 0 Å². The zero-order chi connectivity index (χ0) is 24.5. The highest BCUT2D eigenvalue weighted by Gasteiger charge is 2.17. The van der Waals surface area contributed by atoms with Crippen molar-refractivity contribution in [2.75, 3.05) is 0 Å². The van der Waals surface area contributed by atoms with E-state index in [0.29, 0.717) is 18.7 Å². The number of benzene rings is 4. The van der Waals surface area contributed by atoms with Gasteiger partial charge in [-0.1, -0.05) is 66.7 Å². The third-order valence-electron chi connectivity index (χ3n) is 6.47. The zero-order valence-corrected chi connectivity index (χ0v) is 20.4. The molecule has 0 aliphatic carbocycles. The molecule has 0 unspecified atom stereocenters. The van der Waals surface area contributed by atoms with E-state index in [1.807, 2.05) is 36.4 Å². The fourth-order valence-electron chi connectivity index (χ4n) is 4.73. The summed E-state index contributed by atoms with van der Waals surface area (Å²) in [5.74, 6) is 0.419.